The Labute approximate surface area is 161 Å². The number of amides is 2. The van der Waals surface area contributed by atoms with Crippen molar-refractivity contribution in [3.05, 3.63) is 33.9 Å². The molecule has 144 valence electrons. The third-order valence-electron chi connectivity index (χ3n) is 3.76. The van der Waals surface area contributed by atoms with Crippen LogP contribution in [0.15, 0.2) is 23.1 Å². The molecule has 9 nitrogen and oxygen atoms in total. The van der Waals surface area contributed by atoms with Crippen molar-refractivity contribution in [2.75, 3.05) is 45.0 Å². The molecule has 0 radical (unpaired) electrons. The van der Waals surface area contributed by atoms with Crippen LogP contribution in [0.4, 0.5) is 5.69 Å². The number of nitrogens with one attached hydrogen (secondary N) is 2. The SMILES string of the molecule is Cl.NC(=O)c1ccc(SCC(=O)NCCN2CCNCC2)c([N+](=O)[O-])c1. The molecule has 1 fully saturated rings. The summed E-state index contributed by atoms with van der Waals surface area (Å²) < 4.78 is 0. The number of halogens is 1. The number of carbonyl (C=O) groups excluding carboxylic acids is 2. The van der Waals surface area contributed by atoms with E-state index < -0.39 is 10.8 Å². The molecule has 0 saturated carbocycles. The summed E-state index contributed by atoms with van der Waals surface area (Å²) in [5, 5.41) is 17.2. The minimum atomic E-state index is -0.731. The monoisotopic (exact) mass is 403 g/mol. The Hall–Kier alpha value is -1.88. The van der Waals surface area contributed by atoms with Crippen LogP contribution in [0.3, 0.4) is 0 Å². The second kappa shape index (κ2) is 11.0. The molecule has 4 N–H and O–H groups in total. The summed E-state index contributed by atoms with van der Waals surface area (Å²) in [7, 11) is 0. The average molecular weight is 404 g/mol. The van der Waals surface area contributed by atoms with Gasteiger partial charge in [-0.3, -0.25) is 24.6 Å². The van der Waals surface area contributed by atoms with Crippen LogP contribution in [0.25, 0.3) is 0 Å². The van der Waals surface area contributed by atoms with Crippen molar-refractivity contribution in [1.82, 2.24) is 15.5 Å². The van der Waals surface area contributed by atoms with Crippen molar-refractivity contribution in [2.45, 2.75) is 4.90 Å². The van der Waals surface area contributed by atoms with Gasteiger partial charge < -0.3 is 16.4 Å². The van der Waals surface area contributed by atoms with E-state index in [0.29, 0.717) is 11.4 Å². The van der Waals surface area contributed by atoms with Crippen LogP contribution in [-0.2, 0) is 4.79 Å². The van der Waals surface area contributed by atoms with E-state index in [4.69, 9.17) is 5.73 Å². The van der Waals surface area contributed by atoms with Gasteiger partial charge in [0.25, 0.3) is 5.69 Å². The fraction of sp³-hybridized carbons (Fsp3) is 0.467. The fourth-order valence-electron chi connectivity index (χ4n) is 2.42. The van der Waals surface area contributed by atoms with Gasteiger partial charge in [-0.25, -0.2) is 0 Å². The fourth-order valence-corrected chi connectivity index (χ4v) is 3.25. The minimum absolute atomic E-state index is 0. The lowest BCUT2D eigenvalue weighted by Gasteiger charge is -2.27. The van der Waals surface area contributed by atoms with Crippen molar-refractivity contribution >= 4 is 41.7 Å². The van der Waals surface area contributed by atoms with Gasteiger partial charge in [0.2, 0.25) is 11.8 Å². The molecule has 1 aliphatic rings. The maximum Gasteiger partial charge on any atom is 0.283 e. The molecule has 1 aromatic carbocycles. The summed E-state index contributed by atoms with van der Waals surface area (Å²) in [6.07, 6.45) is 0. The van der Waals surface area contributed by atoms with E-state index in [1.54, 1.807) is 0 Å². The lowest BCUT2D eigenvalue weighted by atomic mass is 10.2. The average Bonchev–Trinajstić information content (AvgIpc) is 2.60. The number of nitrogens with two attached hydrogens (primary N) is 1. The molecule has 26 heavy (non-hydrogen) atoms. The molecule has 11 heteroatoms. The van der Waals surface area contributed by atoms with Crippen LogP contribution in [0.2, 0.25) is 0 Å². The summed E-state index contributed by atoms with van der Waals surface area (Å²) >= 11 is 1.06. The highest BCUT2D eigenvalue weighted by Gasteiger charge is 2.18. The lowest BCUT2D eigenvalue weighted by Crippen LogP contribution is -2.46. The van der Waals surface area contributed by atoms with Crippen molar-refractivity contribution in [3.8, 4) is 0 Å². The number of carbonyl (C=O) groups is 2. The Morgan fingerprint density at radius 2 is 2.04 bits per heavy atom. The number of rotatable bonds is 8. The van der Waals surface area contributed by atoms with E-state index >= 15 is 0 Å². The highest BCUT2D eigenvalue weighted by molar-refractivity contribution is 8.00. The summed E-state index contributed by atoms with van der Waals surface area (Å²) in [4.78, 5) is 36.1. The highest BCUT2D eigenvalue weighted by Crippen LogP contribution is 2.29. The smallest absolute Gasteiger partial charge is 0.283 e. The van der Waals surface area contributed by atoms with Gasteiger partial charge in [0.05, 0.1) is 15.6 Å². The van der Waals surface area contributed by atoms with Crippen molar-refractivity contribution in [2.24, 2.45) is 5.73 Å². The van der Waals surface area contributed by atoms with E-state index in [9.17, 15) is 19.7 Å². The van der Waals surface area contributed by atoms with Crippen molar-refractivity contribution < 1.29 is 14.5 Å². The molecule has 1 aromatic rings. The second-order valence-electron chi connectivity index (χ2n) is 5.53. The van der Waals surface area contributed by atoms with E-state index in [-0.39, 0.29) is 35.3 Å². The molecule has 0 aromatic heterocycles. The molecule has 0 aliphatic carbocycles. The second-order valence-corrected chi connectivity index (χ2v) is 6.55. The van der Waals surface area contributed by atoms with Crippen LogP contribution in [0.1, 0.15) is 10.4 Å². The van der Waals surface area contributed by atoms with E-state index in [2.05, 4.69) is 15.5 Å². The van der Waals surface area contributed by atoms with Crippen LogP contribution in [0, 0.1) is 10.1 Å². The first-order chi connectivity index (χ1) is 12.0. The van der Waals surface area contributed by atoms with E-state index in [1.165, 1.54) is 12.1 Å². The van der Waals surface area contributed by atoms with Gasteiger partial charge in [-0.1, -0.05) is 0 Å². The van der Waals surface area contributed by atoms with Crippen LogP contribution < -0.4 is 16.4 Å². The van der Waals surface area contributed by atoms with Gasteiger partial charge in [-0.2, -0.15) is 0 Å². The minimum Gasteiger partial charge on any atom is -0.366 e. The molecule has 1 aliphatic heterocycles. The molecule has 0 unspecified atom stereocenters. The molecule has 2 amide bonds. The van der Waals surface area contributed by atoms with E-state index in [1.807, 2.05) is 0 Å². The maximum absolute atomic E-state index is 11.9. The van der Waals surface area contributed by atoms with Crippen molar-refractivity contribution in [3.63, 3.8) is 0 Å². The Bertz CT molecular complexity index is 655. The number of nitrogens with zero attached hydrogens (tertiary/aromatic N) is 2. The van der Waals surface area contributed by atoms with E-state index in [0.717, 1.165) is 50.6 Å². The third-order valence-corrected chi connectivity index (χ3v) is 4.82. The lowest BCUT2D eigenvalue weighted by molar-refractivity contribution is -0.387. The summed E-state index contributed by atoms with van der Waals surface area (Å²) in [5.41, 5.74) is 4.97. The molecule has 1 heterocycles. The zero-order chi connectivity index (χ0) is 18.2. The number of benzene rings is 1. The van der Waals surface area contributed by atoms with Gasteiger partial charge in [-0.15, -0.1) is 24.2 Å². The number of piperazine rings is 1. The first-order valence-corrected chi connectivity index (χ1v) is 8.87. The summed E-state index contributed by atoms with van der Waals surface area (Å²) in [6.45, 7) is 5.16. The first kappa shape index (κ1) is 22.2. The number of nitro groups is 1. The zero-order valence-corrected chi connectivity index (χ0v) is 15.7. The highest BCUT2D eigenvalue weighted by atomic mass is 35.5. The standard InChI is InChI=1S/C15H21N5O4S.ClH/c16-15(22)11-1-2-13(12(9-11)20(23)24)25-10-14(21)18-5-8-19-6-3-17-4-7-19;/h1-2,9,17H,3-8,10H2,(H2,16,22)(H,18,21);1H. The molecule has 0 spiro atoms. The van der Waals surface area contributed by atoms with Gasteiger partial charge in [0.15, 0.2) is 0 Å². The Kier molecular flexibility index (Phi) is 9.35. The number of nitro benzene ring substituents is 1. The largest absolute Gasteiger partial charge is 0.366 e. The Morgan fingerprint density at radius 3 is 2.65 bits per heavy atom. The third kappa shape index (κ3) is 6.79. The van der Waals surface area contributed by atoms with Gasteiger partial charge >= 0.3 is 0 Å². The van der Waals surface area contributed by atoms with Crippen molar-refractivity contribution in [1.29, 1.82) is 0 Å². The molecule has 1 saturated heterocycles. The van der Waals surface area contributed by atoms with Crippen LogP contribution in [0.5, 0.6) is 0 Å². The number of primary amides is 1. The van der Waals surface area contributed by atoms with Crippen LogP contribution in [-0.4, -0.2) is 66.7 Å². The first-order valence-electron chi connectivity index (χ1n) is 7.88. The molecular formula is C15H22ClN5O4S. The quantitative estimate of drug-likeness (QED) is 0.321. The molecule has 0 bridgehead atoms. The maximum atomic E-state index is 11.9. The zero-order valence-electron chi connectivity index (χ0n) is 14.1. The predicted octanol–water partition coefficient (Wildman–Crippen LogP) is 0.229. The molecular weight excluding hydrogens is 382 g/mol. The summed E-state index contributed by atoms with van der Waals surface area (Å²) in [6, 6.07) is 3.99. The number of thioether (sulfide) groups is 1. The van der Waals surface area contributed by atoms with Gasteiger partial charge in [0.1, 0.15) is 0 Å². The number of hydrogen-bond acceptors (Lipinski definition) is 7. The van der Waals surface area contributed by atoms with Gasteiger partial charge in [-0.05, 0) is 12.1 Å². The topological polar surface area (TPSA) is 131 Å². The Morgan fingerprint density at radius 1 is 1.35 bits per heavy atom. The predicted molar refractivity (Wildman–Crippen MR) is 102 cm³/mol. The Balaban J connectivity index is 0.00000338. The molecule has 2 rings (SSSR count). The van der Waals surface area contributed by atoms with Crippen LogP contribution >= 0.6 is 24.2 Å². The van der Waals surface area contributed by atoms with Gasteiger partial charge in [0, 0.05) is 50.9 Å². The summed E-state index contributed by atoms with van der Waals surface area (Å²) in [5.74, 6) is -0.850. The normalized spacial score (nSPS) is 14.3. The number of hydrogen-bond donors (Lipinski definition) is 3. The molecule has 0 atom stereocenters.